The Morgan fingerprint density at radius 2 is 2.12 bits per heavy atom. The second-order valence-corrected chi connectivity index (χ2v) is 7.46. The van der Waals surface area contributed by atoms with E-state index in [4.69, 9.17) is 16.0 Å². The van der Waals surface area contributed by atoms with Gasteiger partial charge in [-0.15, -0.1) is 5.10 Å². The van der Waals surface area contributed by atoms with Crippen LogP contribution in [0.3, 0.4) is 0 Å². The van der Waals surface area contributed by atoms with Crippen molar-refractivity contribution in [2.24, 2.45) is 0 Å². The van der Waals surface area contributed by atoms with Gasteiger partial charge in [0.25, 0.3) is 5.56 Å². The Morgan fingerprint density at radius 3 is 2.88 bits per heavy atom. The topological polar surface area (TPSA) is 73.8 Å². The third kappa shape index (κ3) is 3.33. The highest BCUT2D eigenvalue weighted by Gasteiger charge is 2.15. The number of halogens is 1. The molecule has 9 heteroatoms. The van der Waals surface area contributed by atoms with E-state index in [1.807, 2.05) is 24.3 Å². The van der Waals surface area contributed by atoms with E-state index in [-0.39, 0.29) is 5.56 Å². The van der Waals surface area contributed by atoms with Crippen molar-refractivity contribution in [3.05, 3.63) is 68.8 Å². The molecule has 126 valence electrons. The molecule has 6 nitrogen and oxygen atoms in total. The van der Waals surface area contributed by atoms with E-state index in [0.717, 1.165) is 11.5 Å². The second kappa shape index (κ2) is 6.99. The number of nitrogens with zero attached hydrogens (tertiary/aromatic N) is 4. The molecule has 0 spiro atoms. The fraction of sp³-hybridized carbons (Fsp3) is 0.125. The zero-order valence-corrected chi connectivity index (χ0v) is 15.1. The van der Waals surface area contributed by atoms with E-state index in [2.05, 4.69) is 14.6 Å². The number of fused-ring (bicyclic) bond motifs is 1. The molecule has 0 aliphatic carbocycles. The van der Waals surface area contributed by atoms with E-state index < -0.39 is 0 Å². The number of aromatic nitrogens is 4. The van der Waals surface area contributed by atoms with Crippen molar-refractivity contribution >= 4 is 45.8 Å². The Kier molecular flexibility index (Phi) is 4.56. The van der Waals surface area contributed by atoms with Crippen molar-refractivity contribution in [3.8, 4) is 0 Å². The average Bonchev–Trinajstić information content (AvgIpc) is 3.28. The minimum atomic E-state index is -0.105. The average molecular weight is 391 g/mol. The molecule has 0 amide bonds. The third-order valence-electron chi connectivity index (χ3n) is 3.57. The lowest BCUT2D eigenvalue weighted by Crippen LogP contribution is -2.23. The van der Waals surface area contributed by atoms with Crippen molar-refractivity contribution in [2.75, 3.05) is 0 Å². The maximum absolute atomic E-state index is 12.9. The number of furan rings is 1. The molecule has 0 bridgehead atoms. The summed E-state index contributed by atoms with van der Waals surface area (Å²) in [4.78, 5) is 17.6. The summed E-state index contributed by atoms with van der Waals surface area (Å²) in [7, 11) is 0. The zero-order valence-electron chi connectivity index (χ0n) is 12.8. The SMILES string of the molecule is O=c1c2ccccc2nc(SCc2nnsc2Cl)n1Cc1ccco1. The van der Waals surface area contributed by atoms with Gasteiger partial charge >= 0.3 is 0 Å². The molecule has 0 aliphatic rings. The van der Waals surface area contributed by atoms with Gasteiger partial charge in [-0.1, -0.05) is 40.0 Å². The lowest BCUT2D eigenvalue weighted by atomic mass is 10.2. The van der Waals surface area contributed by atoms with Crippen LogP contribution in [-0.2, 0) is 12.3 Å². The van der Waals surface area contributed by atoms with Crippen LogP contribution < -0.4 is 5.56 Å². The van der Waals surface area contributed by atoms with Crippen LogP contribution in [0.4, 0.5) is 0 Å². The molecule has 0 radical (unpaired) electrons. The Morgan fingerprint density at radius 1 is 1.24 bits per heavy atom. The molecule has 4 aromatic rings. The fourth-order valence-corrected chi connectivity index (χ4v) is 4.10. The van der Waals surface area contributed by atoms with Crippen LogP contribution in [0.5, 0.6) is 0 Å². The Labute approximate surface area is 155 Å². The van der Waals surface area contributed by atoms with Crippen LogP contribution >= 0.6 is 34.9 Å². The van der Waals surface area contributed by atoms with Gasteiger partial charge < -0.3 is 4.42 Å². The first-order chi connectivity index (χ1) is 12.2. The lowest BCUT2D eigenvalue weighted by Gasteiger charge is -2.11. The zero-order chi connectivity index (χ0) is 17.2. The standard InChI is InChI=1S/C16H11ClN4O2S2/c17-14-13(19-20-25-14)9-24-16-18-12-6-2-1-5-11(12)15(22)21(16)8-10-4-3-7-23-10/h1-7H,8-9H2. The van der Waals surface area contributed by atoms with E-state index in [1.54, 1.807) is 23.0 Å². The summed E-state index contributed by atoms with van der Waals surface area (Å²) in [5, 5.41) is 5.17. The van der Waals surface area contributed by atoms with Crippen molar-refractivity contribution in [2.45, 2.75) is 17.5 Å². The minimum absolute atomic E-state index is 0.105. The van der Waals surface area contributed by atoms with Crippen LogP contribution in [0.15, 0.2) is 57.0 Å². The molecule has 0 N–H and O–H groups in total. The highest BCUT2D eigenvalue weighted by Crippen LogP contribution is 2.26. The van der Waals surface area contributed by atoms with Gasteiger partial charge in [0.05, 0.1) is 23.7 Å². The van der Waals surface area contributed by atoms with Crippen LogP contribution in [-0.4, -0.2) is 19.1 Å². The van der Waals surface area contributed by atoms with Gasteiger partial charge in [0.1, 0.15) is 15.8 Å². The molecular formula is C16H11ClN4O2S2. The molecule has 0 fully saturated rings. The summed E-state index contributed by atoms with van der Waals surface area (Å²) >= 11 is 8.60. The van der Waals surface area contributed by atoms with Crippen LogP contribution in [0.1, 0.15) is 11.5 Å². The van der Waals surface area contributed by atoms with E-state index in [1.165, 1.54) is 11.8 Å². The summed E-state index contributed by atoms with van der Waals surface area (Å²) < 4.78 is 11.4. The molecule has 25 heavy (non-hydrogen) atoms. The molecule has 4 rings (SSSR count). The predicted molar refractivity (Wildman–Crippen MR) is 98.3 cm³/mol. The van der Waals surface area contributed by atoms with E-state index >= 15 is 0 Å². The largest absolute Gasteiger partial charge is 0.467 e. The normalized spacial score (nSPS) is 11.2. The van der Waals surface area contributed by atoms with Crippen LogP contribution in [0, 0.1) is 0 Å². The summed E-state index contributed by atoms with van der Waals surface area (Å²) in [6, 6.07) is 10.9. The van der Waals surface area contributed by atoms with E-state index in [9.17, 15) is 4.79 Å². The molecule has 0 unspecified atom stereocenters. The molecule has 0 saturated heterocycles. The van der Waals surface area contributed by atoms with Gasteiger partial charge in [0.2, 0.25) is 0 Å². The Bertz CT molecular complexity index is 1080. The number of hydrogen-bond donors (Lipinski definition) is 0. The van der Waals surface area contributed by atoms with Crippen LogP contribution in [0.25, 0.3) is 10.9 Å². The Balaban J connectivity index is 1.77. The lowest BCUT2D eigenvalue weighted by molar-refractivity contribution is 0.476. The molecule has 3 aromatic heterocycles. The molecule has 0 saturated carbocycles. The van der Waals surface area contributed by atoms with Crippen molar-refractivity contribution in [3.63, 3.8) is 0 Å². The quantitative estimate of drug-likeness (QED) is 0.381. The summed E-state index contributed by atoms with van der Waals surface area (Å²) in [5.41, 5.74) is 1.24. The monoisotopic (exact) mass is 390 g/mol. The summed E-state index contributed by atoms with van der Waals surface area (Å²) in [5.74, 6) is 1.17. The maximum Gasteiger partial charge on any atom is 0.262 e. The van der Waals surface area contributed by atoms with Crippen molar-refractivity contribution in [1.82, 2.24) is 19.1 Å². The minimum Gasteiger partial charge on any atom is -0.467 e. The third-order valence-corrected chi connectivity index (χ3v) is 5.54. The van der Waals surface area contributed by atoms with Gasteiger partial charge in [-0.05, 0) is 24.3 Å². The first-order valence-corrected chi connectivity index (χ1v) is 9.47. The van der Waals surface area contributed by atoms with Gasteiger partial charge in [-0.3, -0.25) is 9.36 Å². The Hall–Kier alpha value is -2.16. The van der Waals surface area contributed by atoms with Gasteiger partial charge in [0, 0.05) is 17.3 Å². The molecular weight excluding hydrogens is 380 g/mol. The number of benzene rings is 1. The number of hydrogen-bond acceptors (Lipinski definition) is 7. The molecule has 1 aromatic carbocycles. The highest BCUT2D eigenvalue weighted by atomic mass is 35.5. The van der Waals surface area contributed by atoms with E-state index in [0.29, 0.717) is 44.1 Å². The number of rotatable bonds is 5. The number of para-hydroxylation sites is 1. The van der Waals surface area contributed by atoms with Gasteiger partial charge in [0.15, 0.2) is 5.16 Å². The number of thioether (sulfide) groups is 1. The first-order valence-electron chi connectivity index (χ1n) is 7.34. The summed E-state index contributed by atoms with van der Waals surface area (Å²) in [6.07, 6.45) is 1.59. The van der Waals surface area contributed by atoms with Gasteiger partial charge in [-0.25, -0.2) is 4.98 Å². The maximum atomic E-state index is 12.9. The van der Waals surface area contributed by atoms with Gasteiger partial charge in [-0.2, -0.15) is 0 Å². The molecule has 0 atom stereocenters. The van der Waals surface area contributed by atoms with Crippen molar-refractivity contribution in [1.29, 1.82) is 0 Å². The predicted octanol–water partition coefficient (Wildman–Crippen LogP) is 3.84. The first kappa shape index (κ1) is 16.3. The van der Waals surface area contributed by atoms with Crippen molar-refractivity contribution < 1.29 is 4.42 Å². The van der Waals surface area contributed by atoms with Crippen LogP contribution in [0.2, 0.25) is 4.34 Å². The second-order valence-electron chi connectivity index (χ2n) is 5.16. The summed E-state index contributed by atoms with van der Waals surface area (Å²) in [6.45, 7) is 0.315. The molecule has 3 heterocycles. The molecule has 0 aliphatic heterocycles. The highest BCUT2D eigenvalue weighted by molar-refractivity contribution is 7.98. The smallest absolute Gasteiger partial charge is 0.262 e. The fourth-order valence-electron chi connectivity index (χ4n) is 2.37.